The van der Waals surface area contributed by atoms with Gasteiger partial charge in [-0.15, -0.1) is 0 Å². The number of nitrogens with zero attached hydrogens (tertiary/aromatic N) is 7. The first-order chi connectivity index (χ1) is 17.9. The molecular formula is C28H38N8S. The van der Waals surface area contributed by atoms with Crippen molar-refractivity contribution < 1.29 is 0 Å². The normalized spacial score (nSPS) is 15.0. The van der Waals surface area contributed by atoms with E-state index in [2.05, 4.69) is 100 Å². The van der Waals surface area contributed by atoms with Gasteiger partial charge in [-0.25, -0.2) is 15.0 Å². The lowest BCUT2D eigenvalue weighted by Gasteiger charge is -2.34. The Balaban J connectivity index is 1.45. The molecule has 1 aliphatic rings. The standard InChI is InChI=1S/C28H38N8S/c1-20(2)35(21(3)4)12-11-29-27-25-28(36(19-30-25)24-10-17-37-18-24)32-26(31-27)22-6-8-23(9-7-22)34-15-13-33(5)14-16-34/h6-10,17-21H,11-16H2,1-5H3,(H,29,31,32). The molecule has 0 amide bonds. The molecule has 37 heavy (non-hydrogen) atoms. The minimum absolute atomic E-state index is 0.486. The second-order valence-corrected chi connectivity index (χ2v) is 11.1. The topological polar surface area (TPSA) is 65.3 Å². The van der Waals surface area contributed by atoms with E-state index in [1.807, 2.05) is 6.33 Å². The molecule has 1 aliphatic heterocycles. The summed E-state index contributed by atoms with van der Waals surface area (Å²) < 4.78 is 2.05. The van der Waals surface area contributed by atoms with Crippen molar-refractivity contribution in [3.8, 4) is 17.1 Å². The predicted molar refractivity (Wildman–Crippen MR) is 155 cm³/mol. The maximum absolute atomic E-state index is 5.00. The van der Waals surface area contributed by atoms with Crippen molar-refractivity contribution in [3.63, 3.8) is 0 Å². The van der Waals surface area contributed by atoms with Crippen molar-refractivity contribution in [2.24, 2.45) is 0 Å². The third-order valence-electron chi connectivity index (χ3n) is 7.16. The first-order valence-corrected chi connectivity index (χ1v) is 14.2. The summed E-state index contributed by atoms with van der Waals surface area (Å²) in [5, 5.41) is 7.78. The van der Waals surface area contributed by atoms with E-state index in [4.69, 9.17) is 15.0 Å². The Kier molecular flexibility index (Phi) is 7.73. The van der Waals surface area contributed by atoms with Crippen LogP contribution in [0.25, 0.3) is 28.2 Å². The average Bonchev–Trinajstić information content (AvgIpc) is 3.56. The molecule has 196 valence electrons. The molecule has 0 saturated carbocycles. The van der Waals surface area contributed by atoms with Gasteiger partial charge in [-0.05, 0) is 70.5 Å². The predicted octanol–water partition coefficient (Wildman–Crippen LogP) is 4.83. The summed E-state index contributed by atoms with van der Waals surface area (Å²) in [5.74, 6) is 1.49. The second kappa shape index (κ2) is 11.2. The zero-order valence-corrected chi connectivity index (χ0v) is 23.4. The van der Waals surface area contributed by atoms with Crippen molar-refractivity contribution >= 4 is 34.0 Å². The van der Waals surface area contributed by atoms with Crippen LogP contribution >= 0.6 is 11.3 Å². The SMILES string of the molecule is CC(C)N(CCNc1nc(-c2ccc(N3CCN(C)CC3)cc2)nc2c1ncn2-c1ccsc1)C(C)C. The van der Waals surface area contributed by atoms with Crippen LogP contribution in [0.1, 0.15) is 27.7 Å². The molecule has 0 bridgehead atoms. The van der Waals surface area contributed by atoms with Gasteiger partial charge in [-0.2, -0.15) is 11.3 Å². The number of rotatable bonds is 9. The van der Waals surface area contributed by atoms with E-state index in [-0.39, 0.29) is 0 Å². The zero-order valence-electron chi connectivity index (χ0n) is 22.6. The number of likely N-dealkylation sites (N-methyl/N-ethyl adjacent to an activating group) is 1. The van der Waals surface area contributed by atoms with Gasteiger partial charge in [-0.3, -0.25) is 9.47 Å². The van der Waals surface area contributed by atoms with Crippen molar-refractivity contribution in [1.82, 2.24) is 29.3 Å². The van der Waals surface area contributed by atoms with Crippen LogP contribution in [0.3, 0.4) is 0 Å². The number of imidazole rings is 1. The molecule has 1 aromatic carbocycles. The molecule has 1 fully saturated rings. The van der Waals surface area contributed by atoms with Crippen molar-refractivity contribution in [3.05, 3.63) is 47.4 Å². The molecule has 0 spiro atoms. The molecule has 0 aliphatic carbocycles. The first kappa shape index (κ1) is 25.6. The largest absolute Gasteiger partial charge is 0.369 e. The number of nitrogens with one attached hydrogen (secondary N) is 1. The number of aromatic nitrogens is 4. The van der Waals surface area contributed by atoms with Crippen LogP contribution in [-0.2, 0) is 0 Å². The third kappa shape index (κ3) is 5.63. The number of thiophene rings is 1. The Labute approximate surface area is 224 Å². The molecule has 9 heteroatoms. The molecule has 5 rings (SSSR count). The van der Waals surface area contributed by atoms with Gasteiger partial charge in [-0.1, -0.05) is 0 Å². The Morgan fingerprint density at radius 1 is 0.946 bits per heavy atom. The van der Waals surface area contributed by atoms with E-state index in [0.29, 0.717) is 17.9 Å². The minimum Gasteiger partial charge on any atom is -0.369 e. The smallest absolute Gasteiger partial charge is 0.170 e. The highest BCUT2D eigenvalue weighted by molar-refractivity contribution is 7.08. The van der Waals surface area contributed by atoms with Crippen LogP contribution < -0.4 is 10.2 Å². The molecule has 0 atom stereocenters. The average molecular weight is 519 g/mol. The van der Waals surface area contributed by atoms with Gasteiger partial charge in [0.05, 0.1) is 5.69 Å². The van der Waals surface area contributed by atoms with Crippen LogP contribution in [0.15, 0.2) is 47.4 Å². The molecular weight excluding hydrogens is 480 g/mol. The first-order valence-electron chi connectivity index (χ1n) is 13.2. The lowest BCUT2D eigenvalue weighted by atomic mass is 10.1. The lowest BCUT2D eigenvalue weighted by Crippen LogP contribution is -2.44. The van der Waals surface area contributed by atoms with Crippen LogP contribution in [-0.4, -0.2) is 87.7 Å². The quantitative estimate of drug-likeness (QED) is 0.341. The summed E-state index contributed by atoms with van der Waals surface area (Å²) >= 11 is 1.67. The molecule has 3 aromatic heterocycles. The van der Waals surface area contributed by atoms with Crippen molar-refractivity contribution in [2.45, 2.75) is 39.8 Å². The Morgan fingerprint density at radius 2 is 1.68 bits per heavy atom. The fraction of sp³-hybridized carbons (Fsp3) is 0.464. The van der Waals surface area contributed by atoms with Gasteiger partial charge >= 0.3 is 0 Å². The number of hydrogen-bond donors (Lipinski definition) is 1. The Bertz CT molecular complexity index is 1280. The summed E-state index contributed by atoms with van der Waals surface area (Å²) in [4.78, 5) is 22.0. The molecule has 0 radical (unpaired) electrons. The van der Waals surface area contributed by atoms with E-state index in [9.17, 15) is 0 Å². The zero-order chi connectivity index (χ0) is 25.9. The molecule has 0 unspecified atom stereocenters. The van der Waals surface area contributed by atoms with Crippen molar-refractivity contribution in [1.29, 1.82) is 0 Å². The monoisotopic (exact) mass is 518 g/mol. The number of fused-ring (bicyclic) bond motifs is 1. The molecule has 8 nitrogen and oxygen atoms in total. The van der Waals surface area contributed by atoms with Gasteiger partial charge in [0.25, 0.3) is 0 Å². The summed E-state index contributed by atoms with van der Waals surface area (Å²) in [5.41, 5.74) is 4.94. The van der Waals surface area contributed by atoms with Crippen LogP contribution in [0.5, 0.6) is 0 Å². The Hall–Kier alpha value is -3.01. The van der Waals surface area contributed by atoms with Gasteiger partial charge in [0.1, 0.15) is 6.33 Å². The minimum atomic E-state index is 0.486. The fourth-order valence-electron chi connectivity index (χ4n) is 5.04. The number of benzene rings is 1. The van der Waals surface area contributed by atoms with Gasteiger partial charge in [0.2, 0.25) is 0 Å². The number of anilines is 2. The van der Waals surface area contributed by atoms with Crippen molar-refractivity contribution in [2.75, 3.05) is 56.5 Å². The number of piperazine rings is 1. The van der Waals surface area contributed by atoms with E-state index in [1.165, 1.54) is 5.69 Å². The van der Waals surface area contributed by atoms with E-state index in [0.717, 1.165) is 67.5 Å². The van der Waals surface area contributed by atoms with Gasteiger partial charge in [0.15, 0.2) is 22.8 Å². The highest BCUT2D eigenvalue weighted by Crippen LogP contribution is 2.28. The molecule has 4 heterocycles. The molecule has 1 saturated heterocycles. The van der Waals surface area contributed by atoms with Crippen LogP contribution in [0.4, 0.5) is 11.5 Å². The van der Waals surface area contributed by atoms with E-state index in [1.54, 1.807) is 11.3 Å². The lowest BCUT2D eigenvalue weighted by molar-refractivity contribution is 0.182. The highest BCUT2D eigenvalue weighted by Gasteiger charge is 2.18. The summed E-state index contributed by atoms with van der Waals surface area (Å²) in [6.07, 6.45) is 1.85. The maximum Gasteiger partial charge on any atom is 0.170 e. The van der Waals surface area contributed by atoms with Crippen LogP contribution in [0.2, 0.25) is 0 Å². The van der Waals surface area contributed by atoms with Crippen LogP contribution in [0, 0.1) is 0 Å². The molecule has 1 N–H and O–H groups in total. The summed E-state index contributed by atoms with van der Waals surface area (Å²) in [6.45, 7) is 15.0. The van der Waals surface area contributed by atoms with E-state index < -0.39 is 0 Å². The summed E-state index contributed by atoms with van der Waals surface area (Å²) in [6, 6.07) is 11.7. The second-order valence-electron chi connectivity index (χ2n) is 10.4. The van der Waals surface area contributed by atoms with Gasteiger partial charge < -0.3 is 15.1 Å². The molecule has 4 aromatic rings. The highest BCUT2D eigenvalue weighted by atomic mass is 32.1. The Morgan fingerprint density at radius 3 is 2.32 bits per heavy atom. The fourth-order valence-corrected chi connectivity index (χ4v) is 5.67. The third-order valence-corrected chi connectivity index (χ3v) is 7.83. The number of hydrogen-bond acceptors (Lipinski definition) is 8. The maximum atomic E-state index is 5.00. The van der Waals surface area contributed by atoms with E-state index >= 15 is 0 Å². The summed E-state index contributed by atoms with van der Waals surface area (Å²) in [7, 11) is 2.18. The van der Waals surface area contributed by atoms with Gasteiger partial charge in [0, 0.05) is 68.0 Å².